The van der Waals surface area contributed by atoms with Crippen LogP contribution >= 0.6 is 0 Å². The predicted molar refractivity (Wildman–Crippen MR) is 70.5 cm³/mol. The summed E-state index contributed by atoms with van der Waals surface area (Å²) in [5.74, 6) is 0.474. The van der Waals surface area contributed by atoms with E-state index in [0.29, 0.717) is 5.75 Å². The number of aryl methyl sites for hydroxylation is 1. The largest absolute Gasteiger partial charge is 0.452 e. The molecule has 6 heteroatoms. The molecule has 0 saturated heterocycles. The van der Waals surface area contributed by atoms with Crippen molar-refractivity contribution in [2.75, 3.05) is 7.11 Å². The van der Waals surface area contributed by atoms with Crippen LogP contribution in [0.4, 0.5) is 4.79 Å². The van der Waals surface area contributed by atoms with Crippen LogP contribution < -0.4 is 4.18 Å². The van der Waals surface area contributed by atoms with E-state index in [4.69, 9.17) is 4.18 Å². The van der Waals surface area contributed by atoms with Gasteiger partial charge in [0.1, 0.15) is 5.75 Å². The average Bonchev–Trinajstić information content (AvgIpc) is 2.90. The van der Waals surface area contributed by atoms with Gasteiger partial charge in [0.25, 0.3) is 11.1 Å². The summed E-state index contributed by atoms with van der Waals surface area (Å²) in [5.41, 5.74) is 1.08. The van der Waals surface area contributed by atoms with E-state index >= 15 is 0 Å². The van der Waals surface area contributed by atoms with Crippen molar-refractivity contribution in [2.45, 2.75) is 11.9 Å². The summed E-state index contributed by atoms with van der Waals surface area (Å²) in [5, 5.41) is 0.229. The van der Waals surface area contributed by atoms with Crippen molar-refractivity contribution in [3.8, 4) is 5.75 Å². The van der Waals surface area contributed by atoms with Crippen LogP contribution in [0.15, 0.2) is 47.6 Å². The lowest BCUT2D eigenvalue weighted by molar-refractivity contribution is 0.170. The average molecular weight is 279 g/mol. The summed E-state index contributed by atoms with van der Waals surface area (Å²) in [6.45, 7) is 1.95. The van der Waals surface area contributed by atoms with Gasteiger partial charge in [0.15, 0.2) is 5.03 Å². The maximum absolute atomic E-state index is 12.1. The van der Waals surface area contributed by atoms with Crippen molar-refractivity contribution in [1.82, 2.24) is 4.57 Å². The number of ether oxygens (including phenoxy) is 1. The predicted octanol–water partition coefficient (Wildman–Crippen LogP) is 2.51. The van der Waals surface area contributed by atoms with Gasteiger partial charge >= 0.3 is 6.09 Å². The van der Waals surface area contributed by atoms with E-state index in [1.165, 1.54) is 13.3 Å². The molecule has 2 aromatic rings. The fourth-order valence-corrected chi connectivity index (χ4v) is 2.33. The lowest BCUT2D eigenvalue weighted by Crippen LogP contribution is -2.16. The Bertz CT molecular complexity index is 603. The molecular weight excluding hydrogens is 266 g/mol. The minimum Gasteiger partial charge on any atom is -0.452 e. The summed E-state index contributed by atoms with van der Waals surface area (Å²) < 4.78 is 23.1. The van der Waals surface area contributed by atoms with Crippen LogP contribution in [0, 0.1) is 6.92 Å². The van der Waals surface area contributed by atoms with E-state index < -0.39 is 17.2 Å². The monoisotopic (exact) mass is 279 g/mol. The molecule has 2 rings (SSSR count). The van der Waals surface area contributed by atoms with Gasteiger partial charge in [0.2, 0.25) is 0 Å². The van der Waals surface area contributed by atoms with Gasteiger partial charge in [0, 0.05) is 6.20 Å². The summed E-state index contributed by atoms with van der Waals surface area (Å²) >= 11 is -1.78. The highest BCUT2D eigenvalue weighted by Gasteiger charge is 2.16. The van der Waals surface area contributed by atoms with Crippen LogP contribution in [0.2, 0.25) is 0 Å². The lowest BCUT2D eigenvalue weighted by Gasteiger charge is -2.07. The standard InChI is InChI=1S/C13H13NO4S/c1-10-5-7-11(8-6-10)18-19(16)12-4-3-9-14(12)13(15)17-2/h3-9H,1-2H3. The van der Waals surface area contributed by atoms with Crippen LogP contribution in [0.1, 0.15) is 5.56 Å². The SMILES string of the molecule is COC(=O)n1cccc1S(=O)Oc1ccc(C)cc1. The normalized spacial score (nSPS) is 11.9. The van der Waals surface area contributed by atoms with E-state index in [1.54, 1.807) is 24.3 Å². The molecule has 0 aliphatic rings. The molecule has 0 radical (unpaired) electrons. The van der Waals surface area contributed by atoms with Gasteiger partial charge in [-0.2, -0.15) is 0 Å². The van der Waals surface area contributed by atoms with E-state index in [9.17, 15) is 9.00 Å². The molecule has 0 bridgehead atoms. The maximum Gasteiger partial charge on any atom is 0.418 e. The third kappa shape index (κ3) is 3.03. The highest BCUT2D eigenvalue weighted by Crippen LogP contribution is 2.17. The zero-order valence-corrected chi connectivity index (χ0v) is 11.3. The van der Waals surface area contributed by atoms with E-state index in [1.807, 2.05) is 19.1 Å². The highest BCUT2D eigenvalue weighted by molar-refractivity contribution is 7.80. The van der Waals surface area contributed by atoms with Crippen molar-refractivity contribution in [2.24, 2.45) is 0 Å². The quantitative estimate of drug-likeness (QED) is 0.866. The molecule has 0 N–H and O–H groups in total. The molecule has 0 saturated carbocycles. The molecule has 5 nitrogen and oxygen atoms in total. The number of rotatable bonds is 3. The fourth-order valence-electron chi connectivity index (χ4n) is 1.47. The number of hydrogen-bond acceptors (Lipinski definition) is 4. The van der Waals surface area contributed by atoms with Crippen LogP contribution in [-0.2, 0) is 15.8 Å². The zero-order chi connectivity index (χ0) is 13.8. The second-order valence-electron chi connectivity index (χ2n) is 3.82. The van der Waals surface area contributed by atoms with Crippen LogP contribution in [0.25, 0.3) is 0 Å². The summed E-state index contributed by atoms with van der Waals surface area (Å²) in [6.07, 6.45) is 0.859. The highest BCUT2D eigenvalue weighted by atomic mass is 32.2. The molecule has 0 spiro atoms. The Kier molecular flexibility index (Phi) is 4.01. The number of nitrogens with zero attached hydrogens (tertiary/aromatic N) is 1. The Morgan fingerprint density at radius 1 is 1.21 bits per heavy atom. The molecule has 1 heterocycles. The lowest BCUT2D eigenvalue weighted by atomic mass is 10.2. The number of hydrogen-bond donors (Lipinski definition) is 0. The number of carbonyl (C=O) groups is 1. The third-order valence-corrected chi connectivity index (χ3v) is 3.46. The van der Waals surface area contributed by atoms with E-state index in [2.05, 4.69) is 4.74 Å². The topological polar surface area (TPSA) is 57.5 Å². The Labute approximate surface area is 113 Å². The summed E-state index contributed by atoms with van der Waals surface area (Å²) in [7, 11) is 1.26. The minimum absolute atomic E-state index is 0.229. The Hall–Kier alpha value is -2.08. The molecule has 1 aromatic heterocycles. The second-order valence-corrected chi connectivity index (χ2v) is 4.87. The Balaban J connectivity index is 2.18. The van der Waals surface area contributed by atoms with Crippen molar-refractivity contribution < 1.29 is 17.9 Å². The van der Waals surface area contributed by atoms with Gasteiger partial charge in [-0.3, -0.25) is 0 Å². The number of carbonyl (C=O) groups excluding carboxylic acids is 1. The number of aromatic nitrogens is 1. The van der Waals surface area contributed by atoms with Crippen molar-refractivity contribution in [1.29, 1.82) is 0 Å². The first-order chi connectivity index (χ1) is 9.11. The zero-order valence-electron chi connectivity index (χ0n) is 10.5. The van der Waals surface area contributed by atoms with Crippen molar-refractivity contribution in [3.63, 3.8) is 0 Å². The second kappa shape index (κ2) is 5.71. The molecule has 100 valence electrons. The van der Waals surface area contributed by atoms with Gasteiger partial charge in [-0.05, 0) is 31.2 Å². The third-order valence-electron chi connectivity index (χ3n) is 2.45. The molecule has 0 aliphatic heterocycles. The Morgan fingerprint density at radius 2 is 1.89 bits per heavy atom. The first kappa shape index (κ1) is 13.4. The molecule has 0 fully saturated rings. The van der Waals surface area contributed by atoms with Crippen molar-refractivity contribution in [3.05, 3.63) is 48.2 Å². The van der Waals surface area contributed by atoms with Gasteiger partial charge in [-0.25, -0.2) is 13.6 Å². The molecule has 0 amide bonds. The molecule has 1 atom stereocenters. The number of methoxy groups -OCH3 is 1. The van der Waals surface area contributed by atoms with Crippen LogP contribution in [0.5, 0.6) is 5.75 Å². The minimum atomic E-state index is -1.78. The summed E-state index contributed by atoms with van der Waals surface area (Å²) in [6, 6.07) is 10.3. The molecule has 1 aromatic carbocycles. The first-order valence-electron chi connectivity index (χ1n) is 5.54. The van der Waals surface area contributed by atoms with Crippen molar-refractivity contribution >= 4 is 17.2 Å². The van der Waals surface area contributed by atoms with E-state index in [0.717, 1.165) is 10.1 Å². The molecule has 0 aliphatic carbocycles. The van der Waals surface area contributed by atoms with Crippen LogP contribution in [-0.4, -0.2) is 22.0 Å². The molecular formula is C13H13NO4S. The fraction of sp³-hybridized carbons (Fsp3) is 0.154. The van der Waals surface area contributed by atoms with Gasteiger partial charge in [0.05, 0.1) is 7.11 Å². The summed E-state index contributed by atoms with van der Waals surface area (Å²) in [4.78, 5) is 11.4. The van der Waals surface area contributed by atoms with Gasteiger partial charge in [-0.15, -0.1) is 0 Å². The Morgan fingerprint density at radius 3 is 2.53 bits per heavy atom. The molecule has 1 unspecified atom stereocenters. The van der Waals surface area contributed by atoms with Gasteiger partial charge < -0.3 is 8.92 Å². The van der Waals surface area contributed by atoms with Gasteiger partial charge in [-0.1, -0.05) is 17.7 Å². The first-order valence-corrected chi connectivity index (χ1v) is 6.62. The van der Waals surface area contributed by atoms with E-state index in [-0.39, 0.29) is 5.03 Å². The molecule has 19 heavy (non-hydrogen) atoms. The smallest absolute Gasteiger partial charge is 0.418 e. The maximum atomic E-state index is 12.1. The van der Waals surface area contributed by atoms with Crippen LogP contribution in [0.3, 0.4) is 0 Å². The number of benzene rings is 1.